The highest BCUT2D eigenvalue weighted by atomic mass is 32.2. The first-order valence-corrected chi connectivity index (χ1v) is 10.5. The average molecular weight is 432 g/mol. The normalized spacial score (nSPS) is 16.6. The van der Waals surface area contributed by atoms with E-state index < -0.39 is 33.4 Å². The van der Waals surface area contributed by atoms with Crippen molar-refractivity contribution in [1.82, 2.24) is 4.31 Å². The summed E-state index contributed by atoms with van der Waals surface area (Å²) in [5.41, 5.74) is 0.725. The molecule has 1 N–H and O–H groups in total. The third-order valence-corrected chi connectivity index (χ3v) is 6.56. The molecule has 0 fully saturated rings. The van der Waals surface area contributed by atoms with Crippen LogP contribution in [0.3, 0.4) is 0 Å². The van der Waals surface area contributed by atoms with Gasteiger partial charge in [-0.3, -0.25) is 19.7 Å². The molecule has 158 valence electrons. The molecule has 1 heterocycles. The molecule has 0 saturated heterocycles. The van der Waals surface area contributed by atoms with Crippen molar-refractivity contribution in [1.29, 1.82) is 0 Å². The van der Waals surface area contributed by atoms with E-state index in [2.05, 4.69) is 5.32 Å². The topological polar surface area (TPSA) is 130 Å². The largest absolute Gasteiger partial charge is 0.324 e. The number of sulfonamides is 1. The highest BCUT2D eigenvalue weighted by Gasteiger charge is 2.32. The number of fused-ring (bicyclic) bond motifs is 1. The van der Waals surface area contributed by atoms with E-state index in [1.807, 2.05) is 0 Å². The van der Waals surface area contributed by atoms with Crippen molar-refractivity contribution in [3.63, 3.8) is 0 Å². The van der Waals surface area contributed by atoms with Crippen molar-refractivity contribution < 1.29 is 22.9 Å². The quantitative estimate of drug-likeness (QED) is 0.568. The molecule has 2 aromatic carbocycles. The number of para-hydroxylation sites is 2. The van der Waals surface area contributed by atoms with Gasteiger partial charge in [0.25, 0.3) is 5.69 Å². The first-order valence-electron chi connectivity index (χ1n) is 9.03. The smallest absolute Gasteiger partial charge is 0.269 e. The monoisotopic (exact) mass is 432 g/mol. The summed E-state index contributed by atoms with van der Waals surface area (Å²) >= 11 is 0. The van der Waals surface area contributed by atoms with Crippen LogP contribution < -0.4 is 10.2 Å². The van der Waals surface area contributed by atoms with Crippen LogP contribution in [-0.2, 0) is 19.6 Å². The van der Waals surface area contributed by atoms with Gasteiger partial charge in [-0.1, -0.05) is 12.1 Å². The van der Waals surface area contributed by atoms with Gasteiger partial charge in [0, 0.05) is 31.6 Å². The van der Waals surface area contributed by atoms with Crippen molar-refractivity contribution in [2.45, 2.75) is 24.3 Å². The maximum Gasteiger partial charge on any atom is 0.269 e. The van der Waals surface area contributed by atoms with Crippen molar-refractivity contribution in [2.75, 3.05) is 23.8 Å². The van der Waals surface area contributed by atoms with Crippen LogP contribution in [0, 0.1) is 10.1 Å². The molecule has 1 atom stereocenters. The molecule has 11 heteroatoms. The maximum atomic E-state index is 13.1. The van der Waals surface area contributed by atoms with Gasteiger partial charge in [-0.25, -0.2) is 8.42 Å². The third-order valence-electron chi connectivity index (χ3n) is 4.74. The minimum absolute atomic E-state index is 0.0687. The highest BCUT2D eigenvalue weighted by molar-refractivity contribution is 7.89. The molecular formula is C19H20N4O6S. The number of non-ortho nitro benzene ring substituents is 1. The summed E-state index contributed by atoms with van der Waals surface area (Å²) in [6.45, 7) is 1.25. The zero-order chi connectivity index (χ0) is 22.1. The van der Waals surface area contributed by atoms with Gasteiger partial charge in [0.15, 0.2) is 0 Å². The molecule has 1 unspecified atom stereocenters. The number of hydrogen-bond donors (Lipinski definition) is 1. The third kappa shape index (κ3) is 4.16. The van der Waals surface area contributed by atoms with Gasteiger partial charge in [0.05, 0.1) is 27.7 Å². The summed E-state index contributed by atoms with van der Waals surface area (Å²) in [5, 5.41) is 13.5. The molecule has 30 heavy (non-hydrogen) atoms. The molecule has 0 bridgehead atoms. The SMILES string of the molecule is CC1CC(=O)Nc2ccccc2N1C(=O)CN(C)S(=O)(=O)c1ccc([N+](=O)[O-])cc1. The second kappa shape index (κ2) is 8.20. The molecule has 1 aliphatic heterocycles. The Morgan fingerprint density at radius 2 is 1.87 bits per heavy atom. The zero-order valence-corrected chi connectivity index (χ0v) is 17.1. The Balaban J connectivity index is 1.85. The Hall–Kier alpha value is -3.31. The first-order chi connectivity index (χ1) is 14.1. The molecular weight excluding hydrogens is 412 g/mol. The molecule has 0 saturated carbocycles. The summed E-state index contributed by atoms with van der Waals surface area (Å²) < 4.78 is 26.5. The molecule has 10 nitrogen and oxygen atoms in total. The predicted molar refractivity (Wildman–Crippen MR) is 110 cm³/mol. The van der Waals surface area contributed by atoms with Crippen LogP contribution in [0.25, 0.3) is 0 Å². The highest BCUT2D eigenvalue weighted by Crippen LogP contribution is 2.31. The van der Waals surface area contributed by atoms with Gasteiger partial charge in [-0.2, -0.15) is 4.31 Å². The lowest BCUT2D eigenvalue weighted by atomic mass is 10.1. The first kappa shape index (κ1) is 21.4. The second-order valence-electron chi connectivity index (χ2n) is 6.89. The van der Waals surface area contributed by atoms with Crippen molar-refractivity contribution in [3.05, 3.63) is 58.6 Å². The van der Waals surface area contributed by atoms with E-state index in [1.54, 1.807) is 31.2 Å². The Morgan fingerprint density at radius 1 is 1.23 bits per heavy atom. The van der Waals surface area contributed by atoms with Crippen molar-refractivity contribution in [2.24, 2.45) is 0 Å². The van der Waals surface area contributed by atoms with E-state index in [0.717, 1.165) is 28.6 Å². The molecule has 0 aromatic heterocycles. The number of hydrogen-bond acceptors (Lipinski definition) is 6. The van der Waals surface area contributed by atoms with Crippen LogP contribution >= 0.6 is 0 Å². The number of nitrogens with zero attached hydrogens (tertiary/aromatic N) is 3. The number of nitrogens with one attached hydrogen (secondary N) is 1. The predicted octanol–water partition coefficient (Wildman–Crippen LogP) is 1.98. The molecule has 0 aliphatic carbocycles. The van der Waals surface area contributed by atoms with Gasteiger partial charge >= 0.3 is 0 Å². The number of carbonyl (C=O) groups is 2. The van der Waals surface area contributed by atoms with E-state index in [4.69, 9.17) is 0 Å². The summed E-state index contributed by atoms with van der Waals surface area (Å²) in [6, 6.07) is 10.8. The van der Waals surface area contributed by atoms with Crippen LogP contribution in [0.2, 0.25) is 0 Å². The molecule has 1 aliphatic rings. The Morgan fingerprint density at radius 3 is 2.50 bits per heavy atom. The van der Waals surface area contributed by atoms with E-state index in [-0.39, 0.29) is 22.9 Å². The fraction of sp³-hybridized carbons (Fsp3) is 0.263. The summed E-state index contributed by atoms with van der Waals surface area (Å²) in [4.78, 5) is 36.5. The minimum atomic E-state index is -4.05. The number of benzene rings is 2. The Labute approximate surface area is 173 Å². The number of carbonyl (C=O) groups excluding carboxylic acids is 2. The lowest BCUT2D eigenvalue weighted by molar-refractivity contribution is -0.384. The molecule has 0 spiro atoms. The van der Waals surface area contributed by atoms with Crippen LogP contribution in [0.15, 0.2) is 53.4 Å². The van der Waals surface area contributed by atoms with Gasteiger partial charge in [-0.15, -0.1) is 0 Å². The van der Waals surface area contributed by atoms with Gasteiger partial charge in [0.1, 0.15) is 0 Å². The number of likely N-dealkylation sites (N-methyl/N-ethyl adjacent to an activating group) is 1. The number of anilines is 2. The number of nitro groups is 1. The van der Waals surface area contributed by atoms with Gasteiger partial charge in [0.2, 0.25) is 21.8 Å². The van der Waals surface area contributed by atoms with Crippen LogP contribution in [0.1, 0.15) is 13.3 Å². The van der Waals surface area contributed by atoms with Gasteiger partial charge in [-0.05, 0) is 31.2 Å². The molecule has 2 aromatic rings. The number of nitro benzene ring substituents is 1. The molecule has 0 radical (unpaired) electrons. The number of amides is 2. The fourth-order valence-electron chi connectivity index (χ4n) is 3.24. The maximum absolute atomic E-state index is 13.1. The summed E-state index contributed by atoms with van der Waals surface area (Å²) in [6.07, 6.45) is 0.0687. The summed E-state index contributed by atoms with van der Waals surface area (Å²) in [7, 11) is -2.79. The summed E-state index contributed by atoms with van der Waals surface area (Å²) in [5.74, 6) is -0.739. The van der Waals surface area contributed by atoms with E-state index in [0.29, 0.717) is 11.4 Å². The second-order valence-corrected chi connectivity index (χ2v) is 8.94. The van der Waals surface area contributed by atoms with Crippen molar-refractivity contribution >= 4 is 38.9 Å². The van der Waals surface area contributed by atoms with E-state index >= 15 is 0 Å². The van der Waals surface area contributed by atoms with Crippen molar-refractivity contribution in [3.8, 4) is 0 Å². The zero-order valence-electron chi connectivity index (χ0n) is 16.3. The van der Waals surface area contributed by atoms with Crippen LogP contribution in [0.5, 0.6) is 0 Å². The molecule has 2 amide bonds. The standard InChI is InChI=1S/C19H20N4O6S/c1-13-11-18(24)20-16-5-3-4-6-17(16)22(13)19(25)12-21(2)30(28,29)15-9-7-14(8-10-15)23(26)27/h3-10,13H,11-12H2,1-2H3,(H,20,24). The Bertz CT molecular complexity index is 1100. The Kier molecular flexibility index (Phi) is 5.85. The van der Waals surface area contributed by atoms with Crippen LogP contribution in [0.4, 0.5) is 17.1 Å². The fourth-order valence-corrected chi connectivity index (χ4v) is 4.36. The van der Waals surface area contributed by atoms with Crippen LogP contribution in [-0.4, -0.2) is 49.1 Å². The van der Waals surface area contributed by atoms with E-state index in [9.17, 15) is 28.1 Å². The molecule has 3 rings (SSSR count). The van der Waals surface area contributed by atoms with Gasteiger partial charge < -0.3 is 10.2 Å². The lowest BCUT2D eigenvalue weighted by Crippen LogP contribution is -2.45. The minimum Gasteiger partial charge on any atom is -0.324 e. The lowest BCUT2D eigenvalue weighted by Gasteiger charge is -2.29. The number of rotatable bonds is 5. The average Bonchev–Trinajstić information content (AvgIpc) is 2.81. The van der Waals surface area contributed by atoms with E-state index in [1.165, 1.54) is 11.9 Å².